The molecule has 6 heteroatoms. The number of nitriles is 1. The summed E-state index contributed by atoms with van der Waals surface area (Å²) in [5.74, 6) is -1.86. The molecule has 1 aromatic carbocycles. The summed E-state index contributed by atoms with van der Waals surface area (Å²) in [6.07, 6.45) is 3.29. The Morgan fingerprint density at radius 3 is 2.44 bits per heavy atom. The smallest absolute Gasteiger partial charge is 0.159 e. The molecule has 0 atom stereocenters. The fourth-order valence-corrected chi connectivity index (χ4v) is 2.80. The predicted octanol–water partition coefficient (Wildman–Crippen LogP) is 4.44. The van der Waals surface area contributed by atoms with Crippen molar-refractivity contribution in [3.05, 3.63) is 72.2 Å². The molecular formula is C19H10F2N4. The summed E-state index contributed by atoms with van der Waals surface area (Å²) < 4.78 is 27.1. The summed E-state index contributed by atoms with van der Waals surface area (Å²) in [6, 6.07) is 12.7. The molecule has 4 rings (SSSR count). The van der Waals surface area contributed by atoms with E-state index >= 15 is 0 Å². The largest absolute Gasteiger partial charge is 0.353 e. The van der Waals surface area contributed by atoms with Gasteiger partial charge in [-0.2, -0.15) is 5.26 Å². The molecule has 0 aliphatic heterocycles. The SMILES string of the molecule is N#Cc1ccc2[nH]c(-c3ccncc3)c(-c3ccc(F)c(F)c3)c2n1. The van der Waals surface area contributed by atoms with Crippen LogP contribution in [-0.2, 0) is 0 Å². The third-order valence-electron chi connectivity index (χ3n) is 3.93. The molecule has 0 saturated carbocycles. The van der Waals surface area contributed by atoms with Crippen LogP contribution in [0.1, 0.15) is 5.69 Å². The lowest BCUT2D eigenvalue weighted by Gasteiger charge is -2.06. The van der Waals surface area contributed by atoms with Crippen molar-refractivity contribution in [3.63, 3.8) is 0 Å². The summed E-state index contributed by atoms with van der Waals surface area (Å²) in [5, 5.41) is 9.12. The molecule has 0 unspecified atom stereocenters. The summed E-state index contributed by atoms with van der Waals surface area (Å²) >= 11 is 0. The maximum atomic E-state index is 13.8. The first-order chi connectivity index (χ1) is 12.2. The molecule has 0 aliphatic rings. The van der Waals surface area contributed by atoms with Crippen molar-refractivity contribution in [1.29, 1.82) is 5.26 Å². The number of aromatic nitrogens is 3. The molecule has 0 saturated heterocycles. The minimum atomic E-state index is -0.941. The number of nitrogens with one attached hydrogen (secondary N) is 1. The molecule has 0 radical (unpaired) electrons. The second-order valence-corrected chi connectivity index (χ2v) is 5.44. The molecule has 3 aromatic heterocycles. The lowest BCUT2D eigenvalue weighted by Crippen LogP contribution is -1.89. The molecule has 1 N–H and O–H groups in total. The number of hydrogen-bond donors (Lipinski definition) is 1. The number of halogens is 2. The van der Waals surface area contributed by atoms with Gasteiger partial charge in [0.2, 0.25) is 0 Å². The van der Waals surface area contributed by atoms with Crippen molar-refractivity contribution in [2.45, 2.75) is 0 Å². The van der Waals surface area contributed by atoms with Gasteiger partial charge in [-0.1, -0.05) is 6.07 Å². The van der Waals surface area contributed by atoms with Crippen molar-refractivity contribution in [2.24, 2.45) is 0 Å². The van der Waals surface area contributed by atoms with Crippen LogP contribution in [0.3, 0.4) is 0 Å². The highest BCUT2D eigenvalue weighted by molar-refractivity contribution is 6.01. The molecule has 25 heavy (non-hydrogen) atoms. The Kier molecular flexibility index (Phi) is 3.47. The Labute approximate surface area is 141 Å². The number of hydrogen-bond acceptors (Lipinski definition) is 3. The minimum Gasteiger partial charge on any atom is -0.353 e. The number of aromatic amines is 1. The number of rotatable bonds is 2. The number of pyridine rings is 2. The summed E-state index contributed by atoms with van der Waals surface area (Å²) in [6.45, 7) is 0. The summed E-state index contributed by atoms with van der Waals surface area (Å²) in [7, 11) is 0. The van der Waals surface area contributed by atoms with E-state index in [9.17, 15) is 8.78 Å². The highest BCUT2D eigenvalue weighted by atomic mass is 19.2. The normalized spacial score (nSPS) is 10.8. The zero-order chi connectivity index (χ0) is 17.4. The van der Waals surface area contributed by atoms with E-state index in [-0.39, 0.29) is 5.69 Å². The van der Waals surface area contributed by atoms with Crippen molar-refractivity contribution in [1.82, 2.24) is 15.0 Å². The Morgan fingerprint density at radius 2 is 1.72 bits per heavy atom. The van der Waals surface area contributed by atoms with Crippen LogP contribution in [0.5, 0.6) is 0 Å². The molecule has 0 bridgehead atoms. The van der Waals surface area contributed by atoms with Crippen molar-refractivity contribution in [3.8, 4) is 28.5 Å². The first-order valence-electron chi connectivity index (χ1n) is 7.46. The Balaban J connectivity index is 2.08. The van der Waals surface area contributed by atoms with Gasteiger partial charge in [0.1, 0.15) is 11.8 Å². The van der Waals surface area contributed by atoms with Gasteiger partial charge in [0.25, 0.3) is 0 Å². The molecule has 0 amide bonds. The molecule has 0 fully saturated rings. The summed E-state index contributed by atoms with van der Waals surface area (Å²) in [4.78, 5) is 11.6. The van der Waals surface area contributed by atoms with E-state index in [0.29, 0.717) is 27.9 Å². The third-order valence-corrected chi connectivity index (χ3v) is 3.93. The Bertz CT molecular complexity index is 1130. The monoisotopic (exact) mass is 332 g/mol. The van der Waals surface area contributed by atoms with E-state index in [2.05, 4.69) is 15.0 Å². The molecule has 120 valence electrons. The first kappa shape index (κ1) is 15.0. The second-order valence-electron chi connectivity index (χ2n) is 5.44. The van der Waals surface area contributed by atoms with Crippen molar-refractivity contribution in [2.75, 3.05) is 0 Å². The average molecular weight is 332 g/mol. The third kappa shape index (κ3) is 2.52. The van der Waals surface area contributed by atoms with Crippen molar-refractivity contribution >= 4 is 11.0 Å². The zero-order valence-corrected chi connectivity index (χ0v) is 12.8. The standard InChI is InChI=1S/C19H10F2N4/c20-14-3-1-12(9-15(14)21)17-18(11-5-7-23-8-6-11)25-16-4-2-13(10-22)24-19(16)17/h1-9,25H. The summed E-state index contributed by atoms with van der Waals surface area (Å²) in [5.41, 5.74) is 4.08. The number of nitrogens with zero attached hydrogens (tertiary/aromatic N) is 3. The maximum absolute atomic E-state index is 13.8. The topological polar surface area (TPSA) is 65.4 Å². The second kappa shape index (κ2) is 5.80. The van der Waals surface area contributed by atoms with Crippen LogP contribution in [0.15, 0.2) is 54.9 Å². The fraction of sp³-hybridized carbons (Fsp3) is 0. The number of benzene rings is 1. The lowest BCUT2D eigenvalue weighted by atomic mass is 10.0. The van der Waals surface area contributed by atoms with Crippen LogP contribution >= 0.6 is 0 Å². The van der Waals surface area contributed by atoms with Gasteiger partial charge in [-0.25, -0.2) is 13.8 Å². The van der Waals surface area contributed by atoms with Crippen molar-refractivity contribution < 1.29 is 8.78 Å². The van der Waals surface area contributed by atoms with Gasteiger partial charge in [-0.15, -0.1) is 0 Å². The van der Waals surface area contributed by atoms with E-state index in [1.807, 2.05) is 6.07 Å². The minimum absolute atomic E-state index is 0.247. The highest BCUT2D eigenvalue weighted by Crippen LogP contribution is 2.37. The Morgan fingerprint density at radius 1 is 0.920 bits per heavy atom. The molecule has 0 aliphatic carbocycles. The molecule has 4 aromatic rings. The van der Waals surface area contributed by atoms with Gasteiger partial charge in [-0.3, -0.25) is 4.98 Å². The van der Waals surface area contributed by atoms with E-state index in [1.165, 1.54) is 6.07 Å². The molecule has 4 nitrogen and oxygen atoms in total. The maximum Gasteiger partial charge on any atom is 0.159 e. The van der Waals surface area contributed by atoms with Crippen LogP contribution < -0.4 is 0 Å². The lowest BCUT2D eigenvalue weighted by molar-refractivity contribution is 0.509. The van der Waals surface area contributed by atoms with E-state index in [4.69, 9.17) is 5.26 Å². The van der Waals surface area contributed by atoms with Gasteiger partial charge >= 0.3 is 0 Å². The van der Waals surface area contributed by atoms with Gasteiger partial charge in [-0.05, 0) is 42.0 Å². The molecule has 3 heterocycles. The van der Waals surface area contributed by atoms with Crippen LogP contribution in [-0.4, -0.2) is 15.0 Å². The highest BCUT2D eigenvalue weighted by Gasteiger charge is 2.18. The average Bonchev–Trinajstić information content (AvgIpc) is 3.03. The van der Waals surface area contributed by atoms with Crippen LogP contribution in [0.25, 0.3) is 33.4 Å². The van der Waals surface area contributed by atoms with Crippen LogP contribution in [0.4, 0.5) is 8.78 Å². The Hall–Kier alpha value is -3.59. The van der Waals surface area contributed by atoms with Gasteiger partial charge < -0.3 is 4.98 Å². The van der Waals surface area contributed by atoms with Gasteiger partial charge in [0.05, 0.1) is 16.7 Å². The predicted molar refractivity (Wildman–Crippen MR) is 89.4 cm³/mol. The van der Waals surface area contributed by atoms with E-state index in [1.54, 1.807) is 36.7 Å². The van der Waals surface area contributed by atoms with E-state index < -0.39 is 11.6 Å². The van der Waals surface area contributed by atoms with Gasteiger partial charge in [0.15, 0.2) is 11.6 Å². The molecular weight excluding hydrogens is 322 g/mol. The number of H-pyrrole nitrogens is 1. The fourth-order valence-electron chi connectivity index (χ4n) is 2.80. The molecule has 0 spiro atoms. The van der Waals surface area contributed by atoms with Gasteiger partial charge in [0, 0.05) is 23.5 Å². The first-order valence-corrected chi connectivity index (χ1v) is 7.46. The van der Waals surface area contributed by atoms with E-state index in [0.717, 1.165) is 17.7 Å². The van der Waals surface area contributed by atoms with Crippen LogP contribution in [0, 0.1) is 23.0 Å². The quantitative estimate of drug-likeness (QED) is 0.590. The number of fused-ring (bicyclic) bond motifs is 1. The van der Waals surface area contributed by atoms with Crippen LogP contribution in [0.2, 0.25) is 0 Å². The zero-order valence-electron chi connectivity index (χ0n) is 12.8.